The second-order valence-corrected chi connectivity index (χ2v) is 10.2. The molecular formula is C26H26N4O4S. The Bertz CT molecular complexity index is 1350. The largest absolute Gasteiger partial charge is 0.487 e. The van der Waals surface area contributed by atoms with Crippen molar-refractivity contribution in [2.24, 2.45) is 10.3 Å². The van der Waals surface area contributed by atoms with Gasteiger partial charge in [-0.25, -0.2) is 0 Å². The quantitative estimate of drug-likeness (QED) is 0.570. The van der Waals surface area contributed by atoms with Gasteiger partial charge in [0.1, 0.15) is 17.3 Å². The number of aromatic nitrogens is 1. The van der Waals surface area contributed by atoms with Crippen LogP contribution in [0.15, 0.2) is 82.2 Å². The summed E-state index contributed by atoms with van der Waals surface area (Å²) in [4.78, 5) is 19.3. The second-order valence-electron chi connectivity index (χ2n) is 8.62. The van der Waals surface area contributed by atoms with Crippen molar-refractivity contribution in [1.29, 1.82) is 0 Å². The van der Waals surface area contributed by atoms with Gasteiger partial charge in [0.15, 0.2) is 5.84 Å². The molecule has 1 saturated heterocycles. The number of hydrogen-bond donors (Lipinski definition) is 1. The van der Waals surface area contributed by atoms with E-state index in [0.717, 1.165) is 17.0 Å². The minimum atomic E-state index is -3.64. The van der Waals surface area contributed by atoms with Gasteiger partial charge in [-0.05, 0) is 54.8 Å². The van der Waals surface area contributed by atoms with Crippen molar-refractivity contribution in [2.45, 2.75) is 30.9 Å². The molecule has 1 aromatic heterocycles. The maximum Gasteiger partial charge on any atom is 0.285 e. The van der Waals surface area contributed by atoms with Gasteiger partial charge in [0.2, 0.25) is 5.91 Å². The Hall–Kier alpha value is -3.72. The fourth-order valence-electron chi connectivity index (χ4n) is 4.39. The van der Waals surface area contributed by atoms with Gasteiger partial charge in [0.25, 0.3) is 10.0 Å². The molecule has 0 atom stereocenters. The van der Waals surface area contributed by atoms with Crippen molar-refractivity contribution in [1.82, 2.24) is 15.2 Å². The lowest BCUT2D eigenvalue weighted by atomic mass is 9.95. The number of carbonyl (C=O) groups is 1. The average molecular weight is 491 g/mol. The molecule has 1 N–H and O–H groups in total. The molecule has 0 spiro atoms. The number of nitrogens with zero attached hydrogens (tertiary/aromatic N) is 3. The summed E-state index contributed by atoms with van der Waals surface area (Å²) in [5.41, 5.74) is 2.44. The molecule has 35 heavy (non-hydrogen) atoms. The standard InChI is InChI=1S/C26H26N4O4S/c31-26(28-17-19-6-5-8-22(16-19)34-18-21-7-3-4-13-27-21)20-11-14-30(15-12-20)25-23-9-1-2-10-24(23)35(32,33)29-25/h1-10,13,16,20H,11-12,14-15,17-18H2,(H,28,31). The first kappa shape index (κ1) is 23.0. The zero-order valence-electron chi connectivity index (χ0n) is 19.1. The summed E-state index contributed by atoms with van der Waals surface area (Å²) in [6, 6.07) is 20.2. The molecule has 2 aromatic carbocycles. The van der Waals surface area contributed by atoms with E-state index in [-0.39, 0.29) is 16.7 Å². The van der Waals surface area contributed by atoms with E-state index in [4.69, 9.17) is 4.74 Å². The molecule has 8 nitrogen and oxygen atoms in total. The van der Waals surface area contributed by atoms with Gasteiger partial charge in [-0.15, -0.1) is 4.40 Å². The minimum absolute atomic E-state index is 0.00541. The first-order valence-electron chi connectivity index (χ1n) is 11.6. The molecule has 0 saturated carbocycles. The number of amidine groups is 1. The molecule has 1 fully saturated rings. The summed E-state index contributed by atoms with van der Waals surface area (Å²) >= 11 is 0. The Balaban J connectivity index is 1.13. The van der Waals surface area contributed by atoms with Gasteiger partial charge in [0, 0.05) is 37.3 Å². The van der Waals surface area contributed by atoms with E-state index < -0.39 is 10.0 Å². The van der Waals surface area contributed by atoms with Crippen LogP contribution in [0.3, 0.4) is 0 Å². The fourth-order valence-corrected chi connectivity index (χ4v) is 5.62. The number of rotatable bonds is 6. The lowest BCUT2D eigenvalue weighted by molar-refractivity contribution is -0.126. The highest BCUT2D eigenvalue weighted by Gasteiger charge is 2.34. The number of amides is 1. The van der Waals surface area contributed by atoms with Crippen LogP contribution in [0.5, 0.6) is 5.75 Å². The summed E-state index contributed by atoms with van der Waals surface area (Å²) in [5.74, 6) is 1.10. The van der Waals surface area contributed by atoms with E-state index in [1.165, 1.54) is 0 Å². The molecule has 0 bridgehead atoms. The van der Waals surface area contributed by atoms with Crippen molar-refractivity contribution < 1.29 is 17.9 Å². The Morgan fingerprint density at radius 3 is 2.63 bits per heavy atom. The van der Waals surface area contributed by atoms with Crippen LogP contribution in [-0.2, 0) is 28.0 Å². The maximum atomic E-state index is 12.8. The summed E-state index contributed by atoms with van der Waals surface area (Å²) in [6.45, 7) is 1.96. The van der Waals surface area contributed by atoms with Crippen LogP contribution in [0.2, 0.25) is 0 Å². The summed E-state index contributed by atoms with van der Waals surface area (Å²) < 4.78 is 34.5. The molecule has 2 aliphatic heterocycles. The molecule has 3 heterocycles. The van der Waals surface area contributed by atoms with Crippen LogP contribution in [0.25, 0.3) is 0 Å². The van der Waals surface area contributed by atoms with Crippen molar-refractivity contribution >= 4 is 21.8 Å². The number of likely N-dealkylation sites (tertiary alicyclic amines) is 1. The molecule has 0 unspecified atom stereocenters. The van der Waals surface area contributed by atoms with Crippen LogP contribution >= 0.6 is 0 Å². The Morgan fingerprint density at radius 1 is 1.03 bits per heavy atom. The van der Waals surface area contributed by atoms with E-state index in [1.807, 2.05) is 53.4 Å². The van der Waals surface area contributed by atoms with Crippen LogP contribution in [0.4, 0.5) is 0 Å². The molecular weight excluding hydrogens is 464 g/mol. The number of benzene rings is 2. The predicted molar refractivity (Wildman–Crippen MR) is 131 cm³/mol. The van der Waals surface area contributed by atoms with Crippen molar-refractivity contribution in [2.75, 3.05) is 13.1 Å². The normalized spacial score (nSPS) is 16.9. The number of nitrogens with one attached hydrogen (secondary N) is 1. The topological polar surface area (TPSA) is 101 Å². The summed E-state index contributed by atoms with van der Waals surface area (Å²) in [7, 11) is -3.64. The van der Waals surface area contributed by atoms with Gasteiger partial charge < -0.3 is 15.0 Å². The molecule has 3 aromatic rings. The number of piperidine rings is 1. The summed E-state index contributed by atoms with van der Waals surface area (Å²) in [5, 5.41) is 3.03. The number of hydrogen-bond acceptors (Lipinski definition) is 6. The van der Waals surface area contributed by atoms with Crippen molar-refractivity contribution in [3.63, 3.8) is 0 Å². The minimum Gasteiger partial charge on any atom is -0.487 e. The average Bonchev–Trinajstić information content (AvgIpc) is 3.18. The van der Waals surface area contributed by atoms with E-state index in [0.29, 0.717) is 50.5 Å². The highest BCUT2D eigenvalue weighted by Crippen LogP contribution is 2.29. The molecule has 0 aliphatic carbocycles. The van der Waals surface area contributed by atoms with E-state index >= 15 is 0 Å². The predicted octanol–water partition coefficient (Wildman–Crippen LogP) is 3.14. The smallest absolute Gasteiger partial charge is 0.285 e. The number of carbonyl (C=O) groups excluding carboxylic acids is 1. The molecule has 5 rings (SSSR count). The third-order valence-corrected chi connectivity index (χ3v) is 7.58. The first-order chi connectivity index (χ1) is 17.0. The van der Waals surface area contributed by atoms with E-state index in [9.17, 15) is 13.2 Å². The Morgan fingerprint density at radius 2 is 1.83 bits per heavy atom. The maximum absolute atomic E-state index is 12.8. The van der Waals surface area contributed by atoms with E-state index in [2.05, 4.69) is 14.7 Å². The third kappa shape index (κ3) is 5.19. The number of pyridine rings is 1. The molecule has 0 radical (unpaired) electrons. The lowest BCUT2D eigenvalue weighted by Gasteiger charge is -2.32. The van der Waals surface area contributed by atoms with Crippen LogP contribution in [-0.4, -0.2) is 43.1 Å². The van der Waals surface area contributed by atoms with Crippen molar-refractivity contribution in [3.05, 3.63) is 89.7 Å². The van der Waals surface area contributed by atoms with Crippen LogP contribution < -0.4 is 10.1 Å². The van der Waals surface area contributed by atoms with Gasteiger partial charge >= 0.3 is 0 Å². The summed E-state index contributed by atoms with van der Waals surface area (Å²) in [6.07, 6.45) is 3.01. The van der Waals surface area contributed by atoms with Crippen LogP contribution in [0, 0.1) is 5.92 Å². The van der Waals surface area contributed by atoms with Gasteiger partial charge in [0.05, 0.1) is 5.69 Å². The SMILES string of the molecule is O=C(NCc1cccc(OCc2ccccn2)c1)C1CCN(C2=NS(=O)(=O)c3ccccc32)CC1. The number of sulfonamides is 1. The number of fused-ring (bicyclic) bond motifs is 1. The Kier molecular flexibility index (Phi) is 6.50. The third-order valence-electron chi connectivity index (χ3n) is 6.26. The molecule has 1 amide bonds. The lowest BCUT2D eigenvalue weighted by Crippen LogP contribution is -2.42. The first-order valence-corrected chi connectivity index (χ1v) is 13.0. The zero-order valence-corrected chi connectivity index (χ0v) is 19.9. The molecule has 180 valence electrons. The molecule has 2 aliphatic rings. The fraction of sp³-hybridized carbons (Fsp3) is 0.269. The second kappa shape index (κ2) is 9.87. The van der Waals surface area contributed by atoms with Gasteiger partial charge in [-0.3, -0.25) is 9.78 Å². The Labute approximate surface area is 204 Å². The van der Waals surface area contributed by atoms with Gasteiger partial charge in [-0.1, -0.05) is 30.3 Å². The zero-order chi connectivity index (χ0) is 24.3. The monoisotopic (exact) mass is 490 g/mol. The van der Waals surface area contributed by atoms with Crippen molar-refractivity contribution in [3.8, 4) is 5.75 Å². The van der Waals surface area contributed by atoms with Crippen LogP contribution in [0.1, 0.15) is 29.7 Å². The highest BCUT2D eigenvalue weighted by atomic mass is 32.2. The number of ether oxygens (including phenoxy) is 1. The van der Waals surface area contributed by atoms with E-state index in [1.54, 1.807) is 24.4 Å². The van der Waals surface area contributed by atoms with Gasteiger partial charge in [-0.2, -0.15) is 8.42 Å². The highest BCUT2D eigenvalue weighted by molar-refractivity contribution is 7.90. The molecule has 9 heteroatoms.